The Morgan fingerprint density at radius 1 is 0.346 bits per heavy atom. The molecule has 0 aliphatic heterocycles. The number of carbonyl (C=O) groups is 2. The standard InChI is InChI=1S/C72H141NO5/c1-3-5-7-9-11-13-15-16-17-18-19-20-26-29-32-35-38-41-45-48-52-56-60-64-70(75)69(68-74)73-71(76)65-61-57-53-49-46-42-39-36-33-30-27-24-22-21-23-25-28-31-34-37-40-43-47-51-55-59-63-67-78-72(77)66-62-58-54-50-44-14-12-10-8-6-4-2/h21-22,69-70,74-75H,3-20,23-68H2,1-2H3,(H,73,76)/b22-21-. The van der Waals surface area contributed by atoms with E-state index in [0.717, 1.165) is 38.5 Å². The van der Waals surface area contributed by atoms with Crippen molar-refractivity contribution in [2.24, 2.45) is 0 Å². The molecule has 6 nitrogen and oxygen atoms in total. The smallest absolute Gasteiger partial charge is 0.305 e. The van der Waals surface area contributed by atoms with Crippen molar-refractivity contribution in [1.29, 1.82) is 0 Å². The first kappa shape index (κ1) is 76.6. The molecule has 0 spiro atoms. The second-order valence-corrected chi connectivity index (χ2v) is 24.9. The average Bonchev–Trinajstić information content (AvgIpc) is 3.44. The fraction of sp³-hybridized carbons (Fsp3) is 0.944. The highest BCUT2D eigenvalue weighted by Crippen LogP contribution is 2.19. The first-order valence-corrected chi connectivity index (χ1v) is 35.9. The van der Waals surface area contributed by atoms with Crippen LogP contribution in [0.2, 0.25) is 0 Å². The molecule has 2 atom stereocenters. The van der Waals surface area contributed by atoms with Crippen LogP contribution in [-0.4, -0.2) is 47.4 Å². The molecule has 0 aromatic heterocycles. The number of aliphatic hydroxyl groups excluding tert-OH is 2. The first-order chi connectivity index (χ1) is 38.5. The lowest BCUT2D eigenvalue weighted by molar-refractivity contribution is -0.143. The molecule has 1 amide bonds. The molecule has 0 bridgehead atoms. The lowest BCUT2D eigenvalue weighted by Crippen LogP contribution is -2.45. The van der Waals surface area contributed by atoms with Crippen molar-refractivity contribution >= 4 is 11.9 Å². The Labute approximate surface area is 489 Å². The van der Waals surface area contributed by atoms with Crippen LogP contribution in [0.5, 0.6) is 0 Å². The van der Waals surface area contributed by atoms with Gasteiger partial charge in [0.1, 0.15) is 0 Å². The number of hydrogen-bond acceptors (Lipinski definition) is 5. The molecule has 6 heteroatoms. The zero-order valence-electron chi connectivity index (χ0n) is 53.2. The van der Waals surface area contributed by atoms with Gasteiger partial charge in [-0.2, -0.15) is 0 Å². The van der Waals surface area contributed by atoms with E-state index < -0.39 is 12.1 Å². The van der Waals surface area contributed by atoms with Gasteiger partial charge >= 0.3 is 5.97 Å². The minimum absolute atomic E-state index is 0.0159. The van der Waals surface area contributed by atoms with E-state index >= 15 is 0 Å². The average molecular weight is 1100 g/mol. The highest BCUT2D eigenvalue weighted by atomic mass is 16.5. The molecule has 0 fully saturated rings. The Bertz CT molecular complexity index is 1180. The summed E-state index contributed by atoms with van der Waals surface area (Å²) in [4.78, 5) is 24.6. The van der Waals surface area contributed by atoms with E-state index in [4.69, 9.17) is 4.74 Å². The van der Waals surface area contributed by atoms with Crippen LogP contribution >= 0.6 is 0 Å². The maximum absolute atomic E-state index is 12.6. The van der Waals surface area contributed by atoms with Crippen LogP contribution in [0.15, 0.2) is 12.2 Å². The van der Waals surface area contributed by atoms with Crippen molar-refractivity contribution in [2.75, 3.05) is 13.2 Å². The SMILES string of the molecule is CCCCCCCCCCCCCCCCCCCCCCCCCC(O)C(CO)NC(=O)CCCCCCCCCCCCC/C=C\CCCCCCCCCCCCCCOC(=O)CCCCCCCCCCCCC. The molecule has 0 aromatic rings. The molecule has 0 saturated heterocycles. The Morgan fingerprint density at radius 2 is 0.603 bits per heavy atom. The van der Waals surface area contributed by atoms with E-state index in [9.17, 15) is 19.8 Å². The van der Waals surface area contributed by atoms with Gasteiger partial charge < -0.3 is 20.3 Å². The summed E-state index contributed by atoms with van der Waals surface area (Å²) in [5.74, 6) is -0.0146. The predicted octanol–water partition coefficient (Wildman–Crippen LogP) is 23.1. The third-order valence-electron chi connectivity index (χ3n) is 17.1. The van der Waals surface area contributed by atoms with Gasteiger partial charge in [-0.25, -0.2) is 0 Å². The van der Waals surface area contributed by atoms with Crippen molar-refractivity contribution < 1.29 is 24.5 Å². The molecule has 0 saturated carbocycles. The highest BCUT2D eigenvalue weighted by molar-refractivity contribution is 5.76. The van der Waals surface area contributed by atoms with Gasteiger partial charge in [0.2, 0.25) is 5.91 Å². The summed E-state index contributed by atoms with van der Waals surface area (Å²) in [5.41, 5.74) is 0. The Balaban J connectivity index is 3.38. The number of rotatable bonds is 68. The molecule has 0 heterocycles. The van der Waals surface area contributed by atoms with E-state index in [1.54, 1.807) is 0 Å². The molecular formula is C72H141NO5. The van der Waals surface area contributed by atoms with Gasteiger partial charge in [-0.3, -0.25) is 9.59 Å². The van der Waals surface area contributed by atoms with Crippen LogP contribution in [-0.2, 0) is 14.3 Å². The van der Waals surface area contributed by atoms with Crippen LogP contribution in [0.1, 0.15) is 412 Å². The van der Waals surface area contributed by atoms with Crippen molar-refractivity contribution in [1.82, 2.24) is 5.32 Å². The normalized spacial score (nSPS) is 12.5. The zero-order chi connectivity index (χ0) is 56.4. The molecule has 0 rings (SSSR count). The van der Waals surface area contributed by atoms with Crippen molar-refractivity contribution in [3.8, 4) is 0 Å². The summed E-state index contributed by atoms with van der Waals surface area (Å²) in [6.07, 6.45) is 84.1. The van der Waals surface area contributed by atoms with E-state index in [2.05, 4.69) is 31.3 Å². The molecule has 78 heavy (non-hydrogen) atoms. The number of amides is 1. The molecule has 2 unspecified atom stereocenters. The van der Waals surface area contributed by atoms with Crippen molar-refractivity contribution in [3.63, 3.8) is 0 Å². The molecule has 3 N–H and O–H groups in total. The molecule has 0 aliphatic carbocycles. The molecular weight excluding hydrogens is 959 g/mol. The number of esters is 1. The third kappa shape index (κ3) is 63.8. The lowest BCUT2D eigenvalue weighted by Gasteiger charge is -2.22. The van der Waals surface area contributed by atoms with E-state index in [1.165, 1.54) is 340 Å². The summed E-state index contributed by atoms with van der Waals surface area (Å²) < 4.78 is 5.47. The van der Waals surface area contributed by atoms with E-state index in [-0.39, 0.29) is 18.5 Å². The van der Waals surface area contributed by atoms with Crippen molar-refractivity contribution in [2.45, 2.75) is 424 Å². The Morgan fingerprint density at radius 3 is 0.910 bits per heavy atom. The van der Waals surface area contributed by atoms with Crippen LogP contribution in [0.4, 0.5) is 0 Å². The fourth-order valence-electron chi connectivity index (χ4n) is 11.6. The molecule has 0 radical (unpaired) electrons. The van der Waals surface area contributed by atoms with Gasteiger partial charge in [0.05, 0.1) is 25.4 Å². The summed E-state index contributed by atoms with van der Waals surface area (Å²) in [6.45, 7) is 4.99. The summed E-state index contributed by atoms with van der Waals surface area (Å²) in [5, 5.41) is 23.4. The first-order valence-electron chi connectivity index (χ1n) is 35.9. The van der Waals surface area contributed by atoms with Crippen LogP contribution < -0.4 is 5.32 Å². The van der Waals surface area contributed by atoms with E-state index in [0.29, 0.717) is 25.9 Å². The Kier molecular flexibility index (Phi) is 66.9. The van der Waals surface area contributed by atoms with E-state index in [1.807, 2.05) is 0 Å². The number of ether oxygens (including phenoxy) is 1. The largest absolute Gasteiger partial charge is 0.466 e. The maximum Gasteiger partial charge on any atom is 0.305 e. The van der Waals surface area contributed by atoms with Crippen LogP contribution in [0.25, 0.3) is 0 Å². The zero-order valence-corrected chi connectivity index (χ0v) is 53.2. The monoisotopic (exact) mass is 1100 g/mol. The Hall–Kier alpha value is -1.40. The minimum Gasteiger partial charge on any atom is -0.466 e. The van der Waals surface area contributed by atoms with Crippen LogP contribution in [0.3, 0.4) is 0 Å². The van der Waals surface area contributed by atoms with Gasteiger partial charge in [0.15, 0.2) is 0 Å². The number of nitrogens with one attached hydrogen (secondary N) is 1. The van der Waals surface area contributed by atoms with Gasteiger partial charge in [-0.1, -0.05) is 360 Å². The molecule has 0 aliphatic rings. The number of unbranched alkanes of at least 4 members (excludes halogenated alkanes) is 55. The third-order valence-corrected chi connectivity index (χ3v) is 17.1. The van der Waals surface area contributed by atoms with Gasteiger partial charge in [-0.15, -0.1) is 0 Å². The van der Waals surface area contributed by atoms with Gasteiger partial charge in [0, 0.05) is 12.8 Å². The van der Waals surface area contributed by atoms with Crippen molar-refractivity contribution in [3.05, 3.63) is 12.2 Å². The highest BCUT2D eigenvalue weighted by Gasteiger charge is 2.20. The second kappa shape index (κ2) is 68.1. The minimum atomic E-state index is -0.665. The fourth-order valence-corrected chi connectivity index (χ4v) is 11.6. The summed E-state index contributed by atoms with van der Waals surface area (Å²) in [6, 6.07) is -0.543. The second-order valence-electron chi connectivity index (χ2n) is 24.9. The summed E-state index contributed by atoms with van der Waals surface area (Å²) in [7, 11) is 0. The summed E-state index contributed by atoms with van der Waals surface area (Å²) >= 11 is 0. The predicted molar refractivity (Wildman–Crippen MR) is 343 cm³/mol. The molecule has 464 valence electrons. The number of carbonyl (C=O) groups excluding carboxylic acids is 2. The number of hydrogen-bond donors (Lipinski definition) is 3. The number of allylic oxidation sites excluding steroid dienone is 2. The topological polar surface area (TPSA) is 95.9 Å². The number of aliphatic hydroxyl groups is 2. The quantitative estimate of drug-likeness (QED) is 0.0320. The lowest BCUT2D eigenvalue weighted by atomic mass is 10.0. The van der Waals surface area contributed by atoms with Crippen LogP contribution in [0, 0.1) is 0 Å². The van der Waals surface area contributed by atoms with Gasteiger partial charge in [-0.05, 0) is 51.4 Å². The molecule has 0 aromatic carbocycles. The van der Waals surface area contributed by atoms with Gasteiger partial charge in [0.25, 0.3) is 0 Å². The maximum atomic E-state index is 12.6.